The number of fused-ring (bicyclic) bond motifs is 4. The molecule has 6 aromatic rings. The highest BCUT2D eigenvalue weighted by molar-refractivity contribution is 7.99. The van der Waals surface area contributed by atoms with Crippen LogP contribution in [0.4, 0.5) is 0 Å². The van der Waals surface area contributed by atoms with E-state index in [4.69, 9.17) is 15.0 Å². The fourth-order valence-electron chi connectivity index (χ4n) is 4.01. The van der Waals surface area contributed by atoms with Crippen molar-refractivity contribution in [2.24, 2.45) is 0 Å². The molecule has 0 saturated heterocycles. The number of hydrogen-bond acceptors (Lipinski definition) is 8. The minimum atomic E-state index is -0.212. The molecule has 10 heteroatoms. The SMILES string of the molecule is Cc1cc(C)n(C(=O)CSc2nc3c(sc4nc5ccccc5nc43)c(=O)n2-c2ccccc2)n1. The van der Waals surface area contributed by atoms with Crippen molar-refractivity contribution in [2.45, 2.75) is 19.0 Å². The van der Waals surface area contributed by atoms with E-state index in [2.05, 4.69) is 5.10 Å². The zero-order chi connectivity index (χ0) is 24.1. The van der Waals surface area contributed by atoms with E-state index in [1.807, 2.05) is 74.5 Å². The summed E-state index contributed by atoms with van der Waals surface area (Å²) in [6.45, 7) is 3.69. The maximum atomic E-state index is 13.7. The van der Waals surface area contributed by atoms with E-state index in [1.54, 1.807) is 4.57 Å². The van der Waals surface area contributed by atoms with Crippen molar-refractivity contribution in [3.05, 3.63) is 82.4 Å². The third-order valence-corrected chi connectivity index (χ3v) is 7.53. The van der Waals surface area contributed by atoms with Gasteiger partial charge < -0.3 is 0 Å². The smallest absolute Gasteiger partial charge is 0.272 e. The van der Waals surface area contributed by atoms with E-state index in [0.29, 0.717) is 31.4 Å². The van der Waals surface area contributed by atoms with Crippen LogP contribution in [-0.4, -0.2) is 41.0 Å². The van der Waals surface area contributed by atoms with Crippen LogP contribution in [0.15, 0.2) is 70.6 Å². The fourth-order valence-corrected chi connectivity index (χ4v) is 5.86. The van der Waals surface area contributed by atoms with Gasteiger partial charge in [-0.1, -0.05) is 42.1 Å². The van der Waals surface area contributed by atoms with Gasteiger partial charge in [0.25, 0.3) is 11.5 Å². The highest BCUT2D eigenvalue weighted by Crippen LogP contribution is 2.32. The van der Waals surface area contributed by atoms with Gasteiger partial charge in [-0.05, 0) is 44.2 Å². The molecule has 8 nitrogen and oxygen atoms in total. The molecule has 4 heterocycles. The molecule has 0 atom stereocenters. The van der Waals surface area contributed by atoms with Crippen LogP contribution in [0, 0.1) is 13.8 Å². The summed E-state index contributed by atoms with van der Waals surface area (Å²) in [5, 5.41) is 4.70. The Morgan fingerprint density at radius 2 is 1.66 bits per heavy atom. The van der Waals surface area contributed by atoms with Crippen molar-refractivity contribution in [1.82, 2.24) is 29.3 Å². The van der Waals surface area contributed by atoms with Crippen molar-refractivity contribution in [3.8, 4) is 5.69 Å². The zero-order valence-corrected chi connectivity index (χ0v) is 20.4. The molecule has 0 spiro atoms. The largest absolute Gasteiger partial charge is 0.276 e. The zero-order valence-electron chi connectivity index (χ0n) is 18.8. The number of carbonyl (C=O) groups excluding carboxylic acids is 1. The first-order valence-corrected chi connectivity index (χ1v) is 12.7. The molecule has 0 aliphatic rings. The van der Waals surface area contributed by atoms with Gasteiger partial charge in [0.2, 0.25) is 0 Å². The Morgan fingerprint density at radius 3 is 2.37 bits per heavy atom. The lowest BCUT2D eigenvalue weighted by molar-refractivity contribution is 0.0923. The quantitative estimate of drug-likeness (QED) is 0.255. The summed E-state index contributed by atoms with van der Waals surface area (Å²) in [7, 11) is 0. The fraction of sp³-hybridized carbons (Fsp3) is 0.120. The number of thiophene rings is 1. The maximum absolute atomic E-state index is 13.7. The lowest BCUT2D eigenvalue weighted by atomic mass is 10.3. The lowest BCUT2D eigenvalue weighted by Crippen LogP contribution is -2.22. The second-order valence-electron chi connectivity index (χ2n) is 8.04. The Bertz CT molecular complexity index is 1820. The molecule has 0 amide bonds. The topological polar surface area (TPSA) is 95.6 Å². The molecular formula is C25H18N6O2S2. The number of aromatic nitrogens is 6. The van der Waals surface area contributed by atoms with Gasteiger partial charge in [0, 0.05) is 5.69 Å². The average Bonchev–Trinajstić information content (AvgIpc) is 3.40. The Balaban J connectivity index is 1.53. The van der Waals surface area contributed by atoms with Crippen LogP contribution in [0.25, 0.3) is 37.3 Å². The number of rotatable bonds is 4. The molecule has 172 valence electrons. The van der Waals surface area contributed by atoms with Gasteiger partial charge in [0.05, 0.1) is 28.2 Å². The minimum absolute atomic E-state index is 0.0728. The Morgan fingerprint density at radius 1 is 0.943 bits per heavy atom. The standard InChI is InChI=1S/C25H18N6O2S2/c1-14-12-15(2)31(29-14)19(32)13-34-25-28-20-21-23(27-18-11-7-6-10-17(18)26-21)35-22(20)24(33)30(25)16-8-4-3-5-9-16/h3-12H,13H2,1-2H3. The summed E-state index contributed by atoms with van der Waals surface area (Å²) in [6.07, 6.45) is 0. The highest BCUT2D eigenvalue weighted by Gasteiger charge is 2.21. The molecule has 0 bridgehead atoms. The first-order chi connectivity index (χ1) is 17.0. The van der Waals surface area contributed by atoms with Crippen molar-refractivity contribution < 1.29 is 4.79 Å². The summed E-state index contributed by atoms with van der Waals surface area (Å²) in [5.41, 5.74) is 4.60. The first-order valence-electron chi connectivity index (χ1n) is 10.9. The van der Waals surface area contributed by atoms with Gasteiger partial charge in [0.1, 0.15) is 20.6 Å². The number of thioether (sulfide) groups is 1. The van der Waals surface area contributed by atoms with Crippen molar-refractivity contribution >= 4 is 60.6 Å². The van der Waals surface area contributed by atoms with E-state index < -0.39 is 0 Å². The summed E-state index contributed by atoms with van der Waals surface area (Å²) in [4.78, 5) is 41.6. The summed E-state index contributed by atoms with van der Waals surface area (Å²) >= 11 is 2.49. The second-order valence-corrected chi connectivity index (χ2v) is 9.98. The molecule has 0 N–H and O–H groups in total. The normalized spacial score (nSPS) is 11.6. The van der Waals surface area contributed by atoms with Crippen molar-refractivity contribution in [2.75, 3.05) is 5.75 Å². The average molecular weight is 499 g/mol. The number of nitrogens with zero attached hydrogens (tertiary/aromatic N) is 6. The van der Waals surface area contributed by atoms with Crippen LogP contribution in [0.1, 0.15) is 16.2 Å². The van der Waals surface area contributed by atoms with Crippen LogP contribution in [0.5, 0.6) is 0 Å². The molecule has 0 saturated carbocycles. The third kappa shape index (κ3) is 3.71. The molecule has 0 unspecified atom stereocenters. The Kier molecular flexibility index (Phi) is 5.19. The van der Waals surface area contributed by atoms with Crippen LogP contribution in [0.2, 0.25) is 0 Å². The number of aryl methyl sites for hydroxylation is 2. The van der Waals surface area contributed by atoms with Crippen molar-refractivity contribution in [3.63, 3.8) is 0 Å². The maximum Gasteiger partial charge on any atom is 0.276 e. The molecule has 4 aromatic heterocycles. The predicted molar refractivity (Wildman–Crippen MR) is 139 cm³/mol. The van der Waals surface area contributed by atoms with Gasteiger partial charge in [-0.2, -0.15) is 5.10 Å². The monoisotopic (exact) mass is 498 g/mol. The van der Waals surface area contributed by atoms with E-state index in [0.717, 1.165) is 22.4 Å². The van der Waals surface area contributed by atoms with Gasteiger partial charge in [-0.25, -0.2) is 19.6 Å². The van der Waals surface area contributed by atoms with E-state index >= 15 is 0 Å². The van der Waals surface area contributed by atoms with Crippen LogP contribution in [-0.2, 0) is 0 Å². The van der Waals surface area contributed by atoms with E-state index in [-0.39, 0.29) is 17.2 Å². The number of hydrogen-bond donors (Lipinski definition) is 0. The predicted octanol–water partition coefficient (Wildman–Crippen LogP) is 4.79. The number of benzene rings is 2. The summed E-state index contributed by atoms with van der Waals surface area (Å²) < 4.78 is 3.42. The van der Waals surface area contributed by atoms with Gasteiger partial charge in [-0.15, -0.1) is 11.3 Å². The molecular weight excluding hydrogens is 480 g/mol. The van der Waals surface area contributed by atoms with E-state index in [9.17, 15) is 9.59 Å². The molecule has 0 aliphatic carbocycles. The molecule has 0 aliphatic heterocycles. The molecule has 0 radical (unpaired) electrons. The van der Waals surface area contributed by atoms with Crippen LogP contribution in [0.3, 0.4) is 0 Å². The van der Waals surface area contributed by atoms with E-state index in [1.165, 1.54) is 27.8 Å². The second kappa shape index (κ2) is 8.40. The van der Waals surface area contributed by atoms with Crippen molar-refractivity contribution in [1.29, 1.82) is 0 Å². The van der Waals surface area contributed by atoms with Crippen LogP contribution >= 0.6 is 23.1 Å². The number of carbonyl (C=O) groups is 1. The Labute approximate surface area is 207 Å². The molecule has 2 aromatic carbocycles. The van der Waals surface area contributed by atoms with Gasteiger partial charge in [0.15, 0.2) is 5.16 Å². The Hall–Kier alpha value is -3.89. The minimum Gasteiger partial charge on any atom is -0.272 e. The van der Waals surface area contributed by atoms with Gasteiger partial charge in [-0.3, -0.25) is 14.2 Å². The van der Waals surface area contributed by atoms with Gasteiger partial charge >= 0.3 is 0 Å². The first kappa shape index (κ1) is 21.6. The lowest BCUT2D eigenvalue weighted by Gasteiger charge is -2.12. The third-order valence-electron chi connectivity index (χ3n) is 5.56. The molecule has 6 rings (SSSR count). The molecule has 35 heavy (non-hydrogen) atoms. The highest BCUT2D eigenvalue weighted by atomic mass is 32.2. The molecule has 0 fully saturated rings. The summed E-state index contributed by atoms with van der Waals surface area (Å²) in [6, 6.07) is 18.8. The number of para-hydroxylation sites is 3. The summed E-state index contributed by atoms with van der Waals surface area (Å²) in [5.74, 6) is -0.112. The van der Waals surface area contributed by atoms with Crippen LogP contribution < -0.4 is 5.56 Å².